The van der Waals surface area contributed by atoms with Gasteiger partial charge in [-0.25, -0.2) is 12.7 Å². The molecule has 0 aliphatic carbocycles. The highest BCUT2D eigenvalue weighted by molar-refractivity contribution is 7.89. The molecule has 1 N–H and O–H groups in total. The second-order valence-corrected chi connectivity index (χ2v) is 6.66. The molecular weight excluding hydrogens is 212 g/mol. The quantitative estimate of drug-likeness (QED) is 0.767. The van der Waals surface area contributed by atoms with Crippen LogP contribution < -0.4 is 5.32 Å². The zero-order valence-corrected chi connectivity index (χ0v) is 9.93. The third-order valence-corrected chi connectivity index (χ3v) is 5.36. The van der Waals surface area contributed by atoms with Gasteiger partial charge >= 0.3 is 0 Å². The van der Waals surface area contributed by atoms with E-state index in [0.717, 1.165) is 45.4 Å². The van der Waals surface area contributed by atoms with Crippen molar-refractivity contribution in [3.05, 3.63) is 0 Å². The molecule has 2 rings (SSSR count). The summed E-state index contributed by atoms with van der Waals surface area (Å²) in [6, 6.07) is 0. The second kappa shape index (κ2) is 4.80. The van der Waals surface area contributed by atoms with Crippen LogP contribution in [0.2, 0.25) is 0 Å². The average Bonchev–Trinajstić information content (AvgIpc) is 2.68. The molecule has 5 heteroatoms. The van der Waals surface area contributed by atoms with Gasteiger partial charge in [-0.05, 0) is 44.7 Å². The maximum Gasteiger partial charge on any atom is 0.214 e. The first-order valence-electron chi connectivity index (χ1n) is 5.87. The Hall–Kier alpha value is -0.130. The molecule has 0 spiro atoms. The minimum Gasteiger partial charge on any atom is -0.316 e. The van der Waals surface area contributed by atoms with Crippen LogP contribution >= 0.6 is 0 Å². The lowest BCUT2D eigenvalue weighted by Crippen LogP contribution is -2.39. The average molecular weight is 232 g/mol. The van der Waals surface area contributed by atoms with Gasteiger partial charge in [-0.1, -0.05) is 0 Å². The van der Waals surface area contributed by atoms with Crippen molar-refractivity contribution < 1.29 is 8.42 Å². The van der Waals surface area contributed by atoms with Crippen molar-refractivity contribution in [1.82, 2.24) is 9.62 Å². The Labute approximate surface area is 92.1 Å². The Morgan fingerprint density at radius 1 is 1.33 bits per heavy atom. The van der Waals surface area contributed by atoms with Gasteiger partial charge in [0, 0.05) is 13.1 Å². The number of nitrogens with one attached hydrogen (secondary N) is 1. The lowest BCUT2D eigenvalue weighted by Gasteiger charge is -2.27. The molecule has 0 radical (unpaired) electrons. The summed E-state index contributed by atoms with van der Waals surface area (Å²) in [6.07, 6.45) is 4.09. The summed E-state index contributed by atoms with van der Waals surface area (Å²) in [5, 5.41) is 3.31. The van der Waals surface area contributed by atoms with E-state index in [1.54, 1.807) is 4.31 Å². The van der Waals surface area contributed by atoms with Gasteiger partial charge in [0.15, 0.2) is 0 Å². The van der Waals surface area contributed by atoms with Crippen molar-refractivity contribution in [3.8, 4) is 0 Å². The van der Waals surface area contributed by atoms with Crippen LogP contribution in [0, 0.1) is 5.92 Å². The van der Waals surface area contributed by atoms with Gasteiger partial charge in [-0.15, -0.1) is 0 Å². The number of hydrogen-bond acceptors (Lipinski definition) is 3. The zero-order valence-electron chi connectivity index (χ0n) is 9.11. The summed E-state index contributed by atoms with van der Waals surface area (Å²) in [5.41, 5.74) is 0. The highest BCUT2D eigenvalue weighted by Gasteiger charge is 2.26. The Morgan fingerprint density at radius 2 is 2.20 bits per heavy atom. The first kappa shape index (κ1) is 11.4. The Bertz CT molecular complexity index is 297. The highest BCUT2D eigenvalue weighted by Crippen LogP contribution is 2.18. The number of nitrogens with zero attached hydrogens (tertiary/aromatic N) is 1. The summed E-state index contributed by atoms with van der Waals surface area (Å²) in [4.78, 5) is 0. The number of rotatable bonds is 3. The van der Waals surface area contributed by atoms with Gasteiger partial charge in [0.1, 0.15) is 0 Å². The van der Waals surface area contributed by atoms with E-state index in [4.69, 9.17) is 0 Å². The van der Waals surface area contributed by atoms with Crippen molar-refractivity contribution in [2.24, 2.45) is 5.92 Å². The van der Waals surface area contributed by atoms with Gasteiger partial charge in [-0.3, -0.25) is 0 Å². The molecule has 2 aliphatic rings. The topological polar surface area (TPSA) is 49.4 Å². The van der Waals surface area contributed by atoms with E-state index in [1.165, 1.54) is 6.42 Å². The largest absolute Gasteiger partial charge is 0.316 e. The summed E-state index contributed by atoms with van der Waals surface area (Å²) in [6.45, 7) is 3.63. The predicted molar refractivity (Wildman–Crippen MR) is 60.2 cm³/mol. The standard InChI is InChI=1S/C10H20N2O2S/c13-15(14)8-2-1-6-12(15)7-4-10-3-5-11-9-10/h10-11H,1-9H2. The maximum absolute atomic E-state index is 11.7. The fraction of sp³-hybridized carbons (Fsp3) is 1.00. The van der Waals surface area contributed by atoms with E-state index >= 15 is 0 Å². The summed E-state index contributed by atoms with van der Waals surface area (Å²) in [7, 11) is -2.90. The van der Waals surface area contributed by atoms with Crippen LogP contribution in [0.5, 0.6) is 0 Å². The van der Waals surface area contributed by atoms with Crippen LogP contribution in [-0.4, -0.2) is 44.7 Å². The second-order valence-electron chi connectivity index (χ2n) is 4.57. The van der Waals surface area contributed by atoms with Gasteiger partial charge in [0.25, 0.3) is 0 Å². The fourth-order valence-electron chi connectivity index (χ4n) is 2.38. The lowest BCUT2D eigenvalue weighted by molar-refractivity contribution is 0.352. The van der Waals surface area contributed by atoms with Gasteiger partial charge in [0.05, 0.1) is 5.75 Å². The number of hydrogen-bond donors (Lipinski definition) is 1. The van der Waals surface area contributed by atoms with Crippen molar-refractivity contribution in [2.45, 2.75) is 25.7 Å². The van der Waals surface area contributed by atoms with E-state index in [-0.39, 0.29) is 0 Å². The molecule has 2 aliphatic heterocycles. The maximum atomic E-state index is 11.7. The smallest absolute Gasteiger partial charge is 0.214 e. The molecule has 88 valence electrons. The summed E-state index contributed by atoms with van der Waals surface area (Å²) < 4.78 is 25.1. The monoisotopic (exact) mass is 232 g/mol. The van der Waals surface area contributed by atoms with E-state index in [0.29, 0.717) is 11.7 Å². The van der Waals surface area contributed by atoms with E-state index in [2.05, 4.69) is 5.32 Å². The Balaban J connectivity index is 1.82. The van der Waals surface area contributed by atoms with Gasteiger partial charge in [0.2, 0.25) is 10.0 Å². The van der Waals surface area contributed by atoms with Gasteiger partial charge in [-0.2, -0.15) is 0 Å². The molecule has 15 heavy (non-hydrogen) atoms. The van der Waals surface area contributed by atoms with Crippen LogP contribution in [0.3, 0.4) is 0 Å². The first-order valence-corrected chi connectivity index (χ1v) is 7.48. The third-order valence-electron chi connectivity index (χ3n) is 3.40. The molecule has 0 amide bonds. The van der Waals surface area contributed by atoms with Crippen LogP contribution in [0.1, 0.15) is 25.7 Å². The molecule has 4 nitrogen and oxygen atoms in total. The molecule has 2 heterocycles. The highest BCUT2D eigenvalue weighted by atomic mass is 32.2. The van der Waals surface area contributed by atoms with Crippen molar-refractivity contribution in [1.29, 1.82) is 0 Å². The molecule has 1 atom stereocenters. The van der Waals surface area contributed by atoms with E-state index in [1.807, 2.05) is 0 Å². The minimum atomic E-state index is -2.90. The zero-order chi connectivity index (χ0) is 10.7. The molecule has 0 aromatic carbocycles. The third kappa shape index (κ3) is 2.92. The molecule has 0 saturated carbocycles. The summed E-state index contributed by atoms with van der Waals surface area (Å²) in [5.74, 6) is 1.04. The molecule has 1 unspecified atom stereocenters. The van der Waals surface area contributed by atoms with E-state index in [9.17, 15) is 8.42 Å². The van der Waals surface area contributed by atoms with Crippen LogP contribution in [0.4, 0.5) is 0 Å². The molecule has 0 aromatic heterocycles. The van der Waals surface area contributed by atoms with Crippen molar-refractivity contribution in [2.75, 3.05) is 31.9 Å². The van der Waals surface area contributed by atoms with Crippen molar-refractivity contribution >= 4 is 10.0 Å². The molecule has 0 bridgehead atoms. The van der Waals surface area contributed by atoms with Gasteiger partial charge < -0.3 is 5.32 Å². The normalized spacial score (nSPS) is 31.9. The molecule has 0 aromatic rings. The molecule has 2 fully saturated rings. The Kier molecular flexibility index (Phi) is 3.64. The Morgan fingerprint density at radius 3 is 2.87 bits per heavy atom. The molecular formula is C10H20N2O2S. The van der Waals surface area contributed by atoms with Crippen LogP contribution in [0.25, 0.3) is 0 Å². The predicted octanol–water partition coefficient (Wildman–Crippen LogP) is 0.412. The SMILES string of the molecule is O=S1(=O)CCCCN1CCC1CCNC1. The van der Waals surface area contributed by atoms with Crippen molar-refractivity contribution in [3.63, 3.8) is 0 Å². The number of sulfonamides is 1. The minimum absolute atomic E-state index is 0.357. The fourth-order valence-corrected chi connectivity index (χ4v) is 4.00. The van der Waals surface area contributed by atoms with Crippen LogP contribution in [0.15, 0.2) is 0 Å². The first-order chi connectivity index (χ1) is 7.18. The molecule has 2 saturated heterocycles. The van der Waals surface area contributed by atoms with E-state index < -0.39 is 10.0 Å². The summed E-state index contributed by atoms with van der Waals surface area (Å²) >= 11 is 0. The lowest BCUT2D eigenvalue weighted by atomic mass is 10.1. The van der Waals surface area contributed by atoms with Crippen LogP contribution in [-0.2, 0) is 10.0 Å².